The van der Waals surface area contributed by atoms with Gasteiger partial charge in [0.2, 0.25) is 6.10 Å². The van der Waals surface area contributed by atoms with Gasteiger partial charge in [-0.2, -0.15) is 0 Å². The Balaban J connectivity index is 2.28. The molecule has 1 atom stereocenters. The molecule has 0 bridgehead atoms. The van der Waals surface area contributed by atoms with E-state index in [-0.39, 0.29) is 5.76 Å². The Hall–Kier alpha value is -1.29. The fraction of sp³-hybridized carbons (Fsp3) is 0.545. The van der Waals surface area contributed by atoms with Crippen molar-refractivity contribution < 1.29 is 19.1 Å². The smallest absolute Gasteiger partial charge is 0.346 e. The van der Waals surface area contributed by atoms with Crippen LogP contribution in [0.5, 0.6) is 0 Å². The van der Waals surface area contributed by atoms with E-state index in [0.29, 0.717) is 6.61 Å². The highest BCUT2D eigenvalue weighted by molar-refractivity contribution is 5.75. The molecule has 1 radical (unpaired) electrons. The fourth-order valence-corrected chi connectivity index (χ4v) is 1.16. The molecule has 0 N–H and O–H groups in total. The summed E-state index contributed by atoms with van der Waals surface area (Å²) in [4.78, 5) is 11.2. The average molecular weight is 211 g/mol. The van der Waals surface area contributed by atoms with Gasteiger partial charge in [-0.05, 0) is 18.6 Å². The first-order valence-corrected chi connectivity index (χ1v) is 5.11. The van der Waals surface area contributed by atoms with E-state index in [4.69, 9.17) is 9.15 Å². The molecule has 0 saturated carbocycles. The molecular weight excluding hydrogens is 196 g/mol. The highest BCUT2D eigenvalue weighted by atomic mass is 16.5. The van der Waals surface area contributed by atoms with E-state index in [0.717, 1.165) is 19.3 Å². The largest absolute Gasteiger partial charge is 0.466 e. The fourth-order valence-electron chi connectivity index (χ4n) is 1.16. The summed E-state index contributed by atoms with van der Waals surface area (Å²) in [7, 11) is 0. The van der Waals surface area contributed by atoms with Gasteiger partial charge < -0.3 is 9.15 Å². The van der Waals surface area contributed by atoms with Crippen molar-refractivity contribution in [2.24, 2.45) is 0 Å². The third kappa shape index (κ3) is 3.75. The summed E-state index contributed by atoms with van der Waals surface area (Å²) in [5, 5.41) is 11.4. The van der Waals surface area contributed by atoms with Crippen molar-refractivity contribution in [1.29, 1.82) is 0 Å². The van der Waals surface area contributed by atoms with Crippen LogP contribution in [0.4, 0.5) is 0 Å². The van der Waals surface area contributed by atoms with Crippen LogP contribution in [0.3, 0.4) is 0 Å². The zero-order valence-electron chi connectivity index (χ0n) is 8.77. The predicted molar refractivity (Wildman–Crippen MR) is 52.6 cm³/mol. The normalized spacial score (nSPS) is 12.4. The van der Waals surface area contributed by atoms with Crippen LogP contribution in [-0.4, -0.2) is 12.6 Å². The molecule has 0 saturated heterocycles. The first kappa shape index (κ1) is 11.8. The second kappa shape index (κ2) is 6.24. The zero-order valence-corrected chi connectivity index (χ0v) is 8.77. The summed E-state index contributed by atoms with van der Waals surface area (Å²) in [5.41, 5.74) is 0. The lowest BCUT2D eigenvalue weighted by Crippen LogP contribution is -2.14. The van der Waals surface area contributed by atoms with Crippen LogP contribution < -0.4 is 0 Å². The minimum Gasteiger partial charge on any atom is -0.466 e. The molecule has 0 aliphatic heterocycles. The van der Waals surface area contributed by atoms with Crippen LogP contribution in [0.25, 0.3) is 0 Å². The van der Waals surface area contributed by atoms with Crippen molar-refractivity contribution in [3.63, 3.8) is 0 Å². The van der Waals surface area contributed by atoms with Crippen LogP contribution in [0, 0.1) is 0 Å². The van der Waals surface area contributed by atoms with Crippen molar-refractivity contribution in [1.82, 2.24) is 0 Å². The highest BCUT2D eigenvalue weighted by Gasteiger charge is 2.23. The lowest BCUT2D eigenvalue weighted by atomic mass is 10.2. The van der Waals surface area contributed by atoms with Crippen molar-refractivity contribution in [3.05, 3.63) is 24.2 Å². The molecule has 1 heterocycles. The molecule has 0 aliphatic carbocycles. The summed E-state index contributed by atoms with van der Waals surface area (Å²) < 4.78 is 9.65. The summed E-state index contributed by atoms with van der Waals surface area (Å²) in [5.74, 6) is -0.656. The number of esters is 1. The summed E-state index contributed by atoms with van der Waals surface area (Å²) in [6.45, 7) is 2.37. The number of hydrogen-bond donors (Lipinski definition) is 0. The Morgan fingerprint density at radius 2 is 2.33 bits per heavy atom. The van der Waals surface area contributed by atoms with E-state index in [1.165, 1.54) is 12.3 Å². The first-order chi connectivity index (χ1) is 7.25. The highest BCUT2D eigenvalue weighted by Crippen LogP contribution is 2.15. The SMILES string of the molecule is CCCCCOC(=O)C([O])c1ccco1. The number of furan rings is 1. The number of rotatable bonds is 6. The number of unbranched alkanes of at least 4 members (excludes halogenated alkanes) is 2. The van der Waals surface area contributed by atoms with Gasteiger partial charge in [-0.25, -0.2) is 9.90 Å². The molecule has 0 fully saturated rings. The Bertz CT molecular complexity index is 279. The molecule has 1 aromatic rings. The maximum absolute atomic E-state index is 11.4. The predicted octanol–water partition coefficient (Wildman–Crippen LogP) is 2.48. The van der Waals surface area contributed by atoms with Crippen molar-refractivity contribution in [3.8, 4) is 0 Å². The third-order valence-electron chi connectivity index (χ3n) is 2.01. The van der Waals surface area contributed by atoms with Gasteiger partial charge in [0.25, 0.3) is 0 Å². The van der Waals surface area contributed by atoms with E-state index in [1.54, 1.807) is 6.07 Å². The zero-order chi connectivity index (χ0) is 11.1. The molecule has 1 unspecified atom stereocenters. The summed E-state index contributed by atoms with van der Waals surface area (Å²) in [6, 6.07) is 3.05. The summed E-state index contributed by atoms with van der Waals surface area (Å²) >= 11 is 0. The van der Waals surface area contributed by atoms with Gasteiger partial charge in [0.05, 0.1) is 12.9 Å². The molecule has 0 aromatic carbocycles. The first-order valence-electron chi connectivity index (χ1n) is 5.11. The van der Waals surface area contributed by atoms with Gasteiger partial charge in [0.1, 0.15) is 5.76 Å². The molecule has 0 spiro atoms. The molecule has 0 amide bonds. The van der Waals surface area contributed by atoms with Crippen LogP contribution in [0.1, 0.15) is 38.1 Å². The number of carbonyl (C=O) groups is 1. The van der Waals surface area contributed by atoms with Gasteiger partial charge in [0, 0.05) is 0 Å². The summed E-state index contributed by atoms with van der Waals surface area (Å²) in [6.07, 6.45) is 2.66. The van der Waals surface area contributed by atoms with Crippen molar-refractivity contribution in [2.45, 2.75) is 32.3 Å². The number of carbonyl (C=O) groups excluding carboxylic acids is 1. The monoisotopic (exact) mass is 211 g/mol. The van der Waals surface area contributed by atoms with E-state index >= 15 is 0 Å². The van der Waals surface area contributed by atoms with Crippen LogP contribution in [0.15, 0.2) is 22.8 Å². The molecule has 0 aliphatic rings. The van der Waals surface area contributed by atoms with Gasteiger partial charge >= 0.3 is 5.97 Å². The third-order valence-corrected chi connectivity index (χ3v) is 2.01. The topological polar surface area (TPSA) is 59.3 Å². The maximum atomic E-state index is 11.4. The lowest BCUT2D eigenvalue weighted by molar-refractivity contribution is -0.159. The second-order valence-corrected chi connectivity index (χ2v) is 3.27. The maximum Gasteiger partial charge on any atom is 0.346 e. The van der Waals surface area contributed by atoms with Crippen LogP contribution >= 0.6 is 0 Å². The Labute approximate surface area is 88.8 Å². The van der Waals surface area contributed by atoms with E-state index in [9.17, 15) is 9.90 Å². The molecule has 4 heteroatoms. The quantitative estimate of drug-likeness (QED) is 0.536. The Morgan fingerprint density at radius 3 is 2.93 bits per heavy atom. The van der Waals surface area contributed by atoms with Gasteiger partial charge in [0.15, 0.2) is 0 Å². The molecule has 1 aromatic heterocycles. The molecule has 83 valence electrons. The van der Waals surface area contributed by atoms with Gasteiger partial charge in [-0.1, -0.05) is 19.8 Å². The minimum atomic E-state index is -1.55. The Morgan fingerprint density at radius 1 is 1.53 bits per heavy atom. The van der Waals surface area contributed by atoms with E-state index < -0.39 is 12.1 Å². The molecule has 1 rings (SSSR count). The standard InChI is InChI=1S/C11H15O4/c1-2-3-4-7-15-11(13)10(12)9-6-5-8-14-9/h5-6,8,10H,2-4,7H2,1H3. The molecular formula is C11H15O4. The average Bonchev–Trinajstić information content (AvgIpc) is 2.76. The lowest BCUT2D eigenvalue weighted by Gasteiger charge is -2.06. The number of hydrogen-bond acceptors (Lipinski definition) is 3. The van der Waals surface area contributed by atoms with Crippen molar-refractivity contribution >= 4 is 5.97 Å². The van der Waals surface area contributed by atoms with E-state index in [1.807, 2.05) is 0 Å². The van der Waals surface area contributed by atoms with Gasteiger partial charge in [-0.15, -0.1) is 0 Å². The van der Waals surface area contributed by atoms with E-state index in [2.05, 4.69) is 6.92 Å². The van der Waals surface area contributed by atoms with Crippen LogP contribution in [0.2, 0.25) is 0 Å². The van der Waals surface area contributed by atoms with Crippen LogP contribution in [-0.2, 0) is 14.6 Å². The Kier molecular flexibility index (Phi) is 4.90. The molecule has 15 heavy (non-hydrogen) atoms. The second-order valence-electron chi connectivity index (χ2n) is 3.27. The van der Waals surface area contributed by atoms with Crippen molar-refractivity contribution in [2.75, 3.05) is 6.61 Å². The number of ether oxygens (including phenoxy) is 1. The minimum absolute atomic E-state index is 0.107. The molecule has 4 nitrogen and oxygen atoms in total. The van der Waals surface area contributed by atoms with Gasteiger partial charge in [-0.3, -0.25) is 0 Å².